The van der Waals surface area contributed by atoms with E-state index in [1.165, 1.54) is 55.1 Å². The Morgan fingerprint density at radius 3 is 1.67 bits per heavy atom. The van der Waals surface area contributed by atoms with Gasteiger partial charge in [0.05, 0.1) is 16.7 Å². The summed E-state index contributed by atoms with van der Waals surface area (Å²) in [6.45, 7) is 4.68. The second kappa shape index (κ2) is 16.9. The average Bonchev–Trinajstić information content (AvgIpc) is 3.89. The van der Waals surface area contributed by atoms with E-state index in [0.29, 0.717) is 17.6 Å². The molecular weight excluding hydrogens is 887 g/mol. The smallest absolute Gasteiger partial charge is 0.238 e. The Balaban J connectivity index is 0.954. The van der Waals surface area contributed by atoms with Gasteiger partial charge in [-0.3, -0.25) is 4.57 Å². The van der Waals surface area contributed by atoms with Gasteiger partial charge < -0.3 is 4.90 Å². The molecule has 0 aliphatic heterocycles. The van der Waals surface area contributed by atoms with Gasteiger partial charge in [-0.25, -0.2) is 4.98 Å². The number of hydrogen-bond donors (Lipinski definition) is 0. The molecule has 0 amide bonds. The van der Waals surface area contributed by atoms with Crippen LogP contribution in [-0.2, 0) is 5.41 Å². The molecule has 5 heteroatoms. The first kappa shape index (κ1) is 42.4. The summed E-state index contributed by atoms with van der Waals surface area (Å²) in [4.78, 5) is 18.1. The largest absolute Gasteiger partial charge is 0.310 e. The normalized spacial score (nSPS) is 12.6. The van der Waals surface area contributed by atoms with Crippen LogP contribution in [0.2, 0.25) is 0 Å². The van der Waals surface area contributed by atoms with Crippen molar-refractivity contribution in [2.45, 2.75) is 19.3 Å². The summed E-state index contributed by atoms with van der Waals surface area (Å²) in [6, 6.07) is 89.4. The Labute approximate surface area is 424 Å². The minimum Gasteiger partial charge on any atom is -0.310 e. The monoisotopic (exact) mass is 933 g/mol. The maximum atomic E-state index is 5.30. The topological polar surface area (TPSA) is 46.8 Å². The van der Waals surface area contributed by atoms with Crippen molar-refractivity contribution >= 4 is 60.4 Å². The highest BCUT2D eigenvalue weighted by Crippen LogP contribution is 2.51. The number of nitrogens with zero attached hydrogens (tertiary/aromatic N) is 5. The number of rotatable bonds is 8. The fourth-order valence-corrected chi connectivity index (χ4v) is 11.4. The molecule has 0 fully saturated rings. The van der Waals surface area contributed by atoms with Crippen LogP contribution >= 0.6 is 0 Å². The molecule has 0 unspecified atom stereocenters. The molecule has 2 heterocycles. The Bertz CT molecular complexity index is 4210. The molecule has 0 saturated carbocycles. The minimum atomic E-state index is -0.202. The van der Waals surface area contributed by atoms with E-state index >= 15 is 0 Å². The number of hydrogen-bond acceptors (Lipinski definition) is 4. The average molecular weight is 934 g/mol. The Hall–Kier alpha value is -9.45. The van der Waals surface area contributed by atoms with Crippen molar-refractivity contribution in [2.75, 3.05) is 4.90 Å². The van der Waals surface area contributed by atoms with Gasteiger partial charge >= 0.3 is 0 Å². The number of aromatic nitrogens is 4. The van der Waals surface area contributed by atoms with Gasteiger partial charge in [-0.05, 0) is 115 Å². The highest BCUT2D eigenvalue weighted by molar-refractivity contribution is 6.13. The first-order chi connectivity index (χ1) is 35.9. The van der Waals surface area contributed by atoms with E-state index in [1.807, 2.05) is 36.4 Å². The molecule has 1 aliphatic rings. The second-order valence-corrected chi connectivity index (χ2v) is 19.6. The van der Waals surface area contributed by atoms with Crippen LogP contribution in [0.5, 0.6) is 0 Å². The third-order valence-corrected chi connectivity index (χ3v) is 15.0. The molecule has 0 saturated heterocycles. The first-order valence-electron chi connectivity index (χ1n) is 25.0. The lowest BCUT2D eigenvalue weighted by Crippen LogP contribution is -2.15. The van der Waals surface area contributed by atoms with Crippen LogP contribution in [0.4, 0.5) is 17.1 Å². The molecule has 13 aromatic rings. The predicted octanol–water partition coefficient (Wildman–Crippen LogP) is 17.7. The zero-order chi connectivity index (χ0) is 48.6. The maximum Gasteiger partial charge on any atom is 0.238 e. The van der Waals surface area contributed by atoms with Gasteiger partial charge in [-0.15, -0.1) is 0 Å². The van der Waals surface area contributed by atoms with Gasteiger partial charge in [0, 0.05) is 44.1 Å². The summed E-state index contributed by atoms with van der Waals surface area (Å²) >= 11 is 0. The van der Waals surface area contributed by atoms with Crippen LogP contribution < -0.4 is 4.90 Å². The van der Waals surface area contributed by atoms with Crippen LogP contribution in [0.1, 0.15) is 25.0 Å². The van der Waals surface area contributed by atoms with E-state index in [0.717, 1.165) is 60.9 Å². The summed E-state index contributed by atoms with van der Waals surface area (Å²) in [7, 11) is 0. The molecule has 5 nitrogen and oxygen atoms in total. The Kier molecular flexibility index (Phi) is 9.80. The maximum absolute atomic E-state index is 5.30. The summed E-state index contributed by atoms with van der Waals surface area (Å²) in [5.74, 6) is 1.84. The van der Waals surface area contributed by atoms with Crippen LogP contribution in [0.15, 0.2) is 249 Å². The lowest BCUT2D eigenvalue weighted by molar-refractivity contribution is 0.661. The summed E-state index contributed by atoms with van der Waals surface area (Å²) in [5.41, 5.74) is 16.9. The van der Waals surface area contributed by atoms with Crippen molar-refractivity contribution < 1.29 is 0 Å². The predicted molar refractivity (Wildman–Crippen MR) is 303 cm³/mol. The molecule has 0 N–H and O–H groups in total. The highest BCUT2D eigenvalue weighted by atomic mass is 15.2. The van der Waals surface area contributed by atoms with Crippen molar-refractivity contribution in [2.24, 2.45) is 0 Å². The summed E-state index contributed by atoms with van der Waals surface area (Å²) in [6.07, 6.45) is 0. The third-order valence-electron chi connectivity index (χ3n) is 15.0. The molecule has 11 aromatic carbocycles. The molecule has 0 atom stereocenters. The molecule has 14 rings (SSSR count). The zero-order valence-electron chi connectivity index (χ0n) is 40.4. The van der Waals surface area contributed by atoms with Gasteiger partial charge in [0.2, 0.25) is 5.95 Å². The first-order valence-corrected chi connectivity index (χ1v) is 25.0. The number of benzene rings is 11. The van der Waals surface area contributed by atoms with E-state index in [-0.39, 0.29) is 5.41 Å². The van der Waals surface area contributed by atoms with Gasteiger partial charge in [0.25, 0.3) is 0 Å². The lowest BCUT2D eigenvalue weighted by atomic mass is 9.82. The lowest BCUT2D eigenvalue weighted by Gasteiger charge is -2.27. The van der Waals surface area contributed by atoms with Crippen molar-refractivity contribution in [1.82, 2.24) is 19.5 Å². The van der Waals surface area contributed by atoms with E-state index in [2.05, 4.69) is 236 Å². The van der Waals surface area contributed by atoms with Crippen molar-refractivity contribution in [3.8, 4) is 62.1 Å². The third kappa shape index (κ3) is 7.03. The minimum absolute atomic E-state index is 0.202. The molecule has 1 aliphatic carbocycles. The van der Waals surface area contributed by atoms with E-state index in [1.54, 1.807) is 0 Å². The Morgan fingerprint density at radius 1 is 0.342 bits per heavy atom. The standard InChI is InChI=1S/C68H47N5/c1-68(2)60-30-15-14-28-56(60)57-42-59-58-41-50(34-39-63(58)73(64(59)43-61(57)68)67-70-65(47-21-8-4-9-22-47)69-66(71-67)48-23-10-5-11-24-48)53-29-16-26-49-40-52(37-38-54(49)53)72(62-31-17-25-46-20-12-13-27-55(46)62)51-35-32-45(33-36-51)44-18-6-3-7-19-44/h3-43H,1-2H3. The van der Waals surface area contributed by atoms with Crippen molar-refractivity contribution in [1.29, 1.82) is 0 Å². The highest BCUT2D eigenvalue weighted by Gasteiger charge is 2.36. The van der Waals surface area contributed by atoms with Crippen molar-refractivity contribution in [3.05, 3.63) is 260 Å². The van der Waals surface area contributed by atoms with Gasteiger partial charge in [-0.1, -0.05) is 208 Å². The summed E-state index contributed by atoms with van der Waals surface area (Å²) < 4.78 is 2.26. The van der Waals surface area contributed by atoms with E-state index in [4.69, 9.17) is 15.0 Å². The molecule has 73 heavy (non-hydrogen) atoms. The molecule has 0 spiro atoms. The second-order valence-electron chi connectivity index (χ2n) is 19.6. The van der Waals surface area contributed by atoms with Crippen LogP contribution in [0, 0.1) is 0 Å². The zero-order valence-corrected chi connectivity index (χ0v) is 40.4. The van der Waals surface area contributed by atoms with Crippen LogP contribution in [-0.4, -0.2) is 19.5 Å². The fraction of sp³-hybridized carbons (Fsp3) is 0.0441. The number of anilines is 3. The van der Waals surface area contributed by atoms with Gasteiger partial charge in [-0.2, -0.15) is 9.97 Å². The molecule has 0 bridgehead atoms. The SMILES string of the molecule is CC1(C)c2ccccc2-c2cc3c4cc(-c5cccc6cc(N(c7ccc(-c8ccccc8)cc7)c7cccc8ccccc78)ccc56)ccc4n(-c4nc(-c5ccccc5)nc(-c5ccccc5)n4)c3cc21. The van der Waals surface area contributed by atoms with E-state index < -0.39 is 0 Å². The van der Waals surface area contributed by atoms with E-state index in [9.17, 15) is 0 Å². The van der Waals surface area contributed by atoms with Gasteiger partial charge in [0.15, 0.2) is 11.6 Å². The molecular formula is C68H47N5. The van der Waals surface area contributed by atoms with Crippen molar-refractivity contribution in [3.63, 3.8) is 0 Å². The summed E-state index contributed by atoms with van der Waals surface area (Å²) in [5, 5.41) is 7.02. The quantitative estimate of drug-likeness (QED) is 0.152. The Morgan fingerprint density at radius 2 is 0.918 bits per heavy atom. The number of fused-ring (bicyclic) bond motifs is 8. The fourth-order valence-electron chi connectivity index (χ4n) is 11.4. The molecule has 2 aromatic heterocycles. The molecule has 344 valence electrons. The van der Waals surface area contributed by atoms with Crippen LogP contribution in [0.3, 0.4) is 0 Å². The van der Waals surface area contributed by atoms with Crippen LogP contribution in [0.25, 0.3) is 105 Å². The molecule has 0 radical (unpaired) electrons. The van der Waals surface area contributed by atoms with Gasteiger partial charge in [0.1, 0.15) is 0 Å².